The number of fused-ring (bicyclic) bond motifs is 1. The number of amides is 3. The van der Waals surface area contributed by atoms with Crippen LogP contribution in [0.25, 0.3) is 0 Å². The Morgan fingerprint density at radius 2 is 1.74 bits per heavy atom. The Kier molecular flexibility index (Phi) is 7.97. The van der Waals surface area contributed by atoms with Crippen LogP contribution in [0.4, 0.5) is 5.69 Å². The van der Waals surface area contributed by atoms with Gasteiger partial charge in [0.15, 0.2) is 0 Å². The van der Waals surface area contributed by atoms with Crippen LogP contribution in [0, 0.1) is 30.6 Å². The van der Waals surface area contributed by atoms with Gasteiger partial charge in [-0.1, -0.05) is 94.7 Å². The Morgan fingerprint density at radius 3 is 2.44 bits per heavy atom. The van der Waals surface area contributed by atoms with Crippen molar-refractivity contribution in [2.24, 2.45) is 23.7 Å². The van der Waals surface area contributed by atoms with Crippen LogP contribution in [0.1, 0.15) is 69.6 Å². The van der Waals surface area contributed by atoms with Gasteiger partial charge in [-0.15, -0.1) is 0 Å². The second-order valence-corrected chi connectivity index (χ2v) is 13.6. The maximum absolute atomic E-state index is 14.3. The summed E-state index contributed by atoms with van der Waals surface area (Å²) in [6.45, 7) is 11.1. The molecule has 3 fully saturated rings. The molecule has 4 aliphatic rings. The third kappa shape index (κ3) is 5.30. The Hall–Kier alpha value is -3.45. The molecule has 2 saturated heterocycles. The minimum Gasteiger partial charge on any atom is -0.359 e. The minimum absolute atomic E-state index is 0.0521. The van der Waals surface area contributed by atoms with E-state index in [0.717, 1.165) is 24.8 Å². The summed E-state index contributed by atoms with van der Waals surface area (Å²) in [7, 11) is 0. The van der Waals surface area contributed by atoms with E-state index in [1.54, 1.807) is 4.90 Å². The molecular weight excluding hydrogens is 538 g/mol. The molecule has 3 amide bonds. The van der Waals surface area contributed by atoms with Gasteiger partial charge in [0.05, 0.1) is 17.9 Å². The average Bonchev–Trinajstić information content (AvgIpc) is 3.62. The number of anilines is 1. The first-order chi connectivity index (χ1) is 20.6. The molecule has 6 rings (SSSR count). The van der Waals surface area contributed by atoms with Crippen molar-refractivity contribution >= 4 is 23.4 Å². The quantitative estimate of drug-likeness (QED) is 0.408. The number of nitrogens with zero attached hydrogens (tertiary/aromatic N) is 1. The largest absolute Gasteiger partial charge is 0.359 e. The van der Waals surface area contributed by atoms with Gasteiger partial charge in [-0.25, -0.2) is 0 Å². The molecule has 43 heavy (non-hydrogen) atoms. The number of hydrogen-bond donors (Lipinski definition) is 2. The van der Waals surface area contributed by atoms with Crippen LogP contribution in [0.3, 0.4) is 0 Å². The molecule has 0 unspecified atom stereocenters. The zero-order chi connectivity index (χ0) is 30.5. The van der Waals surface area contributed by atoms with E-state index in [4.69, 9.17) is 4.74 Å². The molecule has 1 spiro atoms. The molecule has 3 heterocycles. The van der Waals surface area contributed by atoms with E-state index in [1.165, 1.54) is 11.1 Å². The summed E-state index contributed by atoms with van der Waals surface area (Å²) >= 11 is 0. The van der Waals surface area contributed by atoms with Crippen molar-refractivity contribution in [2.75, 3.05) is 11.9 Å². The molecule has 1 aliphatic carbocycles. The highest BCUT2D eigenvalue weighted by Gasteiger charge is 2.72. The zero-order valence-corrected chi connectivity index (χ0v) is 26.0. The number of ether oxygens (including phenoxy) is 1. The number of nitrogens with one attached hydrogen (secondary N) is 2. The summed E-state index contributed by atoms with van der Waals surface area (Å²) in [4.78, 5) is 44.0. The topological polar surface area (TPSA) is 87.7 Å². The normalized spacial score (nSPS) is 32.7. The standard InChI is InChI=1S/C36H45N3O4/c1-21(2)26-13-15-27(16-14-26)37-33(40)30-29-17-19-36(43-29)31(30)35(42)39(20-18-25-11-9-22(3)10-12-25)32(36)34(41)38-28-8-6-7-23(4)24(28)5/h9-17,19,21,23-24,28-32H,6-8,18,20H2,1-5H3,(H,37,40)(H,38,41)/t23-,24-,28-,29-,30-,31-,32+,36+/m1/s1. The van der Waals surface area contributed by atoms with E-state index >= 15 is 0 Å². The van der Waals surface area contributed by atoms with E-state index in [1.807, 2.05) is 43.3 Å². The van der Waals surface area contributed by atoms with Gasteiger partial charge in [-0.3, -0.25) is 14.4 Å². The van der Waals surface area contributed by atoms with Gasteiger partial charge in [0.25, 0.3) is 0 Å². The fourth-order valence-electron chi connectivity index (χ4n) is 7.74. The highest BCUT2D eigenvalue weighted by molar-refractivity contribution is 6.02. The Bertz CT molecular complexity index is 1400. The number of carbonyl (C=O) groups is 3. The van der Waals surface area contributed by atoms with E-state index in [9.17, 15) is 14.4 Å². The van der Waals surface area contributed by atoms with Crippen molar-refractivity contribution in [1.82, 2.24) is 10.2 Å². The summed E-state index contributed by atoms with van der Waals surface area (Å²) in [6.07, 6.45) is 7.00. The number of likely N-dealkylation sites (tertiary alicyclic amines) is 1. The van der Waals surface area contributed by atoms with Crippen molar-refractivity contribution in [2.45, 2.75) is 90.0 Å². The van der Waals surface area contributed by atoms with Gasteiger partial charge in [0.1, 0.15) is 11.6 Å². The Balaban J connectivity index is 1.28. The lowest BCUT2D eigenvalue weighted by atomic mass is 9.73. The summed E-state index contributed by atoms with van der Waals surface area (Å²) in [6, 6.07) is 15.3. The molecular formula is C36H45N3O4. The molecule has 2 N–H and O–H groups in total. The maximum Gasteiger partial charge on any atom is 0.246 e. The number of aryl methyl sites for hydroxylation is 1. The van der Waals surface area contributed by atoms with E-state index in [0.29, 0.717) is 36.4 Å². The van der Waals surface area contributed by atoms with E-state index < -0.39 is 29.6 Å². The predicted molar refractivity (Wildman–Crippen MR) is 167 cm³/mol. The lowest BCUT2D eigenvalue weighted by Crippen LogP contribution is -2.58. The first-order valence-electron chi connectivity index (χ1n) is 16.0. The monoisotopic (exact) mass is 583 g/mol. The molecule has 7 nitrogen and oxygen atoms in total. The van der Waals surface area contributed by atoms with Gasteiger partial charge in [-0.2, -0.15) is 0 Å². The van der Waals surface area contributed by atoms with Crippen LogP contribution < -0.4 is 10.6 Å². The van der Waals surface area contributed by atoms with E-state index in [-0.39, 0.29) is 23.8 Å². The van der Waals surface area contributed by atoms with Crippen LogP contribution in [0.2, 0.25) is 0 Å². The number of carbonyl (C=O) groups excluding carboxylic acids is 3. The number of benzene rings is 2. The SMILES string of the molecule is Cc1ccc(CCN2C(=O)[C@H]3[C@H](C(=O)Nc4ccc(C(C)C)cc4)[C@H]4C=C[C@@]3(O4)[C@@H]2C(=O)N[C@@H]2CCC[C@@H](C)[C@H]2C)cc1. The molecule has 3 aliphatic heterocycles. The van der Waals surface area contributed by atoms with Crippen molar-refractivity contribution in [3.8, 4) is 0 Å². The van der Waals surface area contributed by atoms with Crippen molar-refractivity contribution in [3.05, 3.63) is 77.4 Å². The van der Waals surface area contributed by atoms with Gasteiger partial charge >= 0.3 is 0 Å². The second kappa shape index (κ2) is 11.6. The van der Waals surface area contributed by atoms with Crippen LogP contribution in [0.15, 0.2) is 60.7 Å². The molecule has 7 heteroatoms. The molecule has 2 bridgehead atoms. The van der Waals surface area contributed by atoms with Crippen LogP contribution in [-0.4, -0.2) is 53.0 Å². The highest BCUT2D eigenvalue weighted by atomic mass is 16.5. The summed E-state index contributed by atoms with van der Waals surface area (Å²) in [5, 5.41) is 6.38. The fraction of sp³-hybridized carbons (Fsp3) is 0.528. The van der Waals surface area contributed by atoms with Crippen LogP contribution >= 0.6 is 0 Å². The molecule has 2 aromatic rings. The maximum atomic E-state index is 14.3. The first-order valence-corrected chi connectivity index (χ1v) is 16.0. The van der Waals surface area contributed by atoms with Crippen molar-refractivity contribution in [1.29, 1.82) is 0 Å². The third-order valence-corrected chi connectivity index (χ3v) is 10.6. The van der Waals surface area contributed by atoms with Crippen LogP contribution in [0.5, 0.6) is 0 Å². The lowest BCUT2D eigenvalue weighted by molar-refractivity contribution is -0.141. The molecule has 8 atom stereocenters. The van der Waals surface area contributed by atoms with Gasteiger partial charge in [-0.05, 0) is 60.8 Å². The van der Waals surface area contributed by atoms with Crippen LogP contribution in [-0.2, 0) is 25.5 Å². The average molecular weight is 584 g/mol. The highest BCUT2D eigenvalue weighted by Crippen LogP contribution is 2.55. The Morgan fingerprint density at radius 1 is 1.02 bits per heavy atom. The number of rotatable bonds is 8. The van der Waals surface area contributed by atoms with Gasteiger partial charge in [0, 0.05) is 18.3 Å². The third-order valence-electron chi connectivity index (χ3n) is 10.6. The van der Waals surface area contributed by atoms with Crippen molar-refractivity contribution in [3.63, 3.8) is 0 Å². The zero-order valence-electron chi connectivity index (χ0n) is 26.0. The predicted octanol–water partition coefficient (Wildman–Crippen LogP) is 5.39. The molecule has 228 valence electrons. The molecule has 0 aromatic heterocycles. The fourth-order valence-corrected chi connectivity index (χ4v) is 7.74. The molecule has 0 radical (unpaired) electrons. The van der Waals surface area contributed by atoms with Gasteiger partial charge < -0.3 is 20.3 Å². The summed E-state index contributed by atoms with van der Waals surface area (Å²) in [5.41, 5.74) is 2.99. The summed E-state index contributed by atoms with van der Waals surface area (Å²) in [5.74, 6) is -0.819. The lowest BCUT2D eigenvalue weighted by Gasteiger charge is -2.38. The molecule has 1 saturated carbocycles. The molecule has 2 aromatic carbocycles. The van der Waals surface area contributed by atoms with Crippen molar-refractivity contribution < 1.29 is 19.1 Å². The smallest absolute Gasteiger partial charge is 0.246 e. The van der Waals surface area contributed by atoms with Gasteiger partial charge in [0.2, 0.25) is 17.7 Å². The first kappa shape index (κ1) is 29.6. The Labute approximate surface area is 255 Å². The van der Waals surface area contributed by atoms with E-state index in [2.05, 4.69) is 62.6 Å². The number of hydrogen-bond acceptors (Lipinski definition) is 4. The second-order valence-electron chi connectivity index (χ2n) is 13.6. The minimum atomic E-state index is -1.16. The summed E-state index contributed by atoms with van der Waals surface area (Å²) < 4.78 is 6.55.